The van der Waals surface area contributed by atoms with Gasteiger partial charge in [-0.15, -0.1) is 0 Å². The first kappa shape index (κ1) is 24.0. The Bertz CT molecular complexity index is 963. The summed E-state index contributed by atoms with van der Waals surface area (Å²) in [7, 11) is 0. The smallest absolute Gasteiger partial charge is 0.230 e. The number of nitrogens with one attached hydrogen (secondary N) is 2. The minimum Gasteiger partial charge on any atom is -0.368 e. The number of hydrogen-bond donors (Lipinski definition) is 2. The zero-order chi connectivity index (χ0) is 23.3. The molecule has 2 N–H and O–H groups in total. The van der Waals surface area contributed by atoms with Crippen molar-refractivity contribution >= 4 is 52.1 Å². The van der Waals surface area contributed by atoms with Gasteiger partial charge in [0.2, 0.25) is 11.8 Å². The Kier molecular flexibility index (Phi) is 7.74. The molecule has 3 rings (SSSR count). The Morgan fingerprint density at radius 1 is 0.969 bits per heavy atom. The second kappa shape index (κ2) is 10.3. The van der Waals surface area contributed by atoms with Crippen LogP contribution in [-0.2, 0) is 16.0 Å². The normalized spacial score (nSPS) is 14.1. The van der Waals surface area contributed by atoms with Crippen molar-refractivity contribution in [1.29, 1.82) is 0 Å². The summed E-state index contributed by atoms with van der Waals surface area (Å²) >= 11 is 11.1. The number of thiocarbonyl (C=S) groups is 1. The summed E-state index contributed by atoms with van der Waals surface area (Å²) in [5.41, 5.74) is 2.41. The number of benzene rings is 2. The first-order chi connectivity index (χ1) is 15.1. The summed E-state index contributed by atoms with van der Waals surface area (Å²) in [6.45, 7) is 8.91. The van der Waals surface area contributed by atoms with Crippen molar-refractivity contribution < 1.29 is 9.59 Å². The number of carbonyl (C=O) groups is 2. The average Bonchev–Trinajstić information content (AvgIpc) is 2.75. The molecule has 1 aliphatic rings. The topological polar surface area (TPSA) is 64.7 Å². The minimum atomic E-state index is -0.349. The van der Waals surface area contributed by atoms with Crippen molar-refractivity contribution in [2.45, 2.75) is 27.2 Å². The molecule has 32 heavy (non-hydrogen) atoms. The van der Waals surface area contributed by atoms with E-state index in [0.29, 0.717) is 5.02 Å². The van der Waals surface area contributed by atoms with Crippen molar-refractivity contribution in [2.75, 3.05) is 36.4 Å². The van der Waals surface area contributed by atoms with Crippen LogP contribution in [0, 0.1) is 5.41 Å². The van der Waals surface area contributed by atoms with Crippen LogP contribution in [0.4, 0.5) is 11.4 Å². The number of piperazine rings is 1. The van der Waals surface area contributed by atoms with Crippen LogP contribution < -0.4 is 15.5 Å². The summed E-state index contributed by atoms with van der Waals surface area (Å²) in [6.07, 6.45) is 0.224. The molecule has 0 unspecified atom stereocenters. The Balaban J connectivity index is 1.47. The van der Waals surface area contributed by atoms with Crippen molar-refractivity contribution in [1.82, 2.24) is 10.2 Å². The van der Waals surface area contributed by atoms with Gasteiger partial charge in [0, 0.05) is 48.0 Å². The van der Waals surface area contributed by atoms with Gasteiger partial charge in [-0.2, -0.15) is 0 Å². The molecule has 0 spiro atoms. The van der Waals surface area contributed by atoms with Gasteiger partial charge in [-0.25, -0.2) is 0 Å². The molecular formula is C24H29ClN4O2S. The first-order valence-corrected chi connectivity index (χ1v) is 11.4. The molecular weight excluding hydrogens is 444 g/mol. The Labute approximate surface area is 199 Å². The fraction of sp³-hybridized carbons (Fsp3) is 0.375. The quantitative estimate of drug-likeness (QED) is 0.656. The standard InChI is InChI=1S/C24H29ClN4O2S/c1-24(2,3)22(31)29-14-12-28(13-15-29)20-10-8-19(9-11-20)26-23(32)27-21(30)16-17-4-6-18(25)7-5-17/h4-11H,12-16H2,1-3H3,(H2,26,27,30,32). The molecule has 8 heteroatoms. The molecule has 170 valence electrons. The zero-order valence-electron chi connectivity index (χ0n) is 18.7. The van der Waals surface area contributed by atoms with E-state index in [1.165, 1.54) is 0 Å². The number of amides is 2. The lowest BCUT2D eigenvalue weighted by atomic mass is 9.94. The summed E-state index contributed by atoms with van der Waals surface area (Å²) in [5, 5.41) is 6.63. The van der Waals surface area contributed by atoms with E-state index in [1.807, 2.05) is 62.1 Å². The van der Waals surface area contributed by atoms with Gasteiger partial charge in [0.15, 0.2) is 5.11 Å². The molecule has 0 atom stereocenters. The van der Waals surface area contributed by atoms with E-state index in [9.17, 15) is 9.59 Å². The second-order valence-corrected chi connectivity index (χ2v) is 9.73. The third kappa shape index (κ3) is 6.68. The van der Waals surface area contributed by atoms with Crippen molar-refractivity contribution in [2.24, 2.45) is 5.41 Å². The molecule has 0 aromatic heterocycles. The number of carbonyl (C=O) groups excluding carboxylic acids is 2. The van der Waals surface area contributed by atoms with Gasteiger partial charge < -0.3 is 20.4 Å². The highest BCUT2D eigenvalue weighted by molar-refractivity contribution is 7.80. The molecule has 0 radical (unpaired) electrons. The van der Waals surface area contributed by atoms with Crippen molar-refractivity contribution in [3.05, 3.63) is 59.1 Å². The lowest BCUT2D eigenvalue weighted by Gasteiger charge is -2.38. The van der Waals surface area contributed by atoms with E-state index < -0.39 is 0 Å². The number of halogens is 1. The maximum absolute atomic E-state index is 12.5. The highest BCUT2D eigenvalue weighted by Gasteiger charge is 2.29. The average molecular weight is 473 g/mol. The summed E-state index contributed by atoms with van der Waals surface area (Å²) in [4.78, 5) is 28.9. The van der Waals surface area contributed by atoms with Crippen LogP contribution in [0.5, 0.6) is 0 Å². The highest BCUT2D eigenvalue weighted by Crippen LogP contribution is 2.22. The van der Waals surface area contributed by atoms with Gasteiger partial charge in [-0.05, 0) is 54.2 Å². The van der Waals surface area contributed by atoms with Crippen LogP contribution in [0.1, 0.15) is 26.3 Å². The fourth-order valence-electron chi connectivity index (χ4n) is 3.52. The molecule has 1 saturated heterocycles. The number of anilines is 2. The van der Waals surface area contributed by atoms with E-state index in [-0.39, 0.29) is 28.8 Å². The largest absolute Gasteiger partial charge is 0.368 e. The molecule has 2 amide bonds. The van der Waals surface area contributed by atoms with E-state index in [0.717, 1.165) is 43.1 Å². The van der Waals surface area contributed by atoms with E-state index in [4.69, 9.17) is 23.8 Å². The Morgan fingerprint density at radius 2 is 1.56 bits per heavy atom. The van der Waals surface area contributed by atoms with Crippen molar-refractivity contribution in [3.63, 3.8) is 0 Å². The number of hydrogen-bond acceptors (Lipinski definition) is 4. The maximum atomic E-state index is 12.5. The fourth-order valence-corrected chi connectivity index (χ4v) is 3.88. The van der Waals surface area contributed by atoms with Crippen molar-refractivity contribution in [3.8, 4) is 0 Å². The molecule has 6 nitrogen and oxygen atoms in total. The molecule has 0 aliphatic carbocycles. The minimum absolute atomic E-state index is 0.191. The van der Waals surface area contributed by atoms with Crippen LogP contribution >= 0.6 is 23.8 Å². The summed E-state index contributed by atoms with van der Waals surface area (Å²) in [5.74, 6) is 0.00689. The van der Waals surface area contributed by atoms with Gasteiger partial charge >= 0.3 is 0 Å². The highest BCUT2D eigenvalue weighted by atomic mass is 35.5. The third-order valence-corrected chi connectivity index (χ3v) is 5.69. The predicted octanol–water partition coefficient (Wildman–Crippen LogP) is 4.09. The van der Waals surface area contributed by atoms with Gasteiger partial charge in [0.1, 0.15) is 0 Å². The van der Waals surface area contributed by atoms with Crippen LogP contribution in [0.25, 0.3) is 0 Å². The molecule has 1 fully saturated rings. The van der Waals surface area contributed by atoms with Gasteiger partial charge in [0.05, 0.1) is 6.42 Å². The summed E-state index contributed by atoms with van der Waals surface area (Å²) < 4.78 is 0. The molecule has 1 aliphatic heterocycles. The molecule has 0 saturated carbocycles. The second-order valence-electron chi connectivity index (χ2n) is 8.88. The monoisotopic (exact) mass is 472 g/mol. The molecule has 2 aromatic carbocycles. The summed E-state index contributed by atoms with van der Waals surface area (Å²) in [6, 6.07) is 15.0. The van der Waals surface area contributed by atoms with E-state index in [2.05, 4.69) is 15.5 Å². The maximum Gasteiger partial charge on any atom is 0.230 e. The van der Waals surface area contributed by atoms with Crippen LogP contribution in [-0.4, -0.2) is 48.0 Å². The van der Waals surface area contributed by atoms with Gasteiger partial charge in [0.25, 0.3) is 0 Å². The first-order valence-electron chi connectivity index (χ1n) is 10.6. The SMILES string of the molecule is CC(C)(C)C(=O)N1CCN(c2ccc(NC(=S)NC(=O)Cc3ccc(Cl)cc3)cc2)CC1. The molecule has 0 bridgehead atoms. The van der Waals surface area contributed by atoms with E-state index in [1.54, 1.807) is 12.1 Å². The zero-order valence-corrected chi connectivity index (χ0v) is 20.2. The molecule has 1 heterocycles. The third-order valence-electron chi connectivity index (χ3n) is 5.23. The lowest BCUT2D eigenvalue weighted by Crippen LogP contribution is -2.51. The molecule has 2 aromatic rings. The number of rotatable bonds is 4. The van der Waals surface area contributed by atoms with Crippen LogP contribution in [0.3, 0.4) is 0 Å². The predicted molar refractivity (Wildman–Crippen MR) is 134 cm³/mol. The van der Waals surface area contributed by atoms with Gasteiger partial charge in [-0.3, -0.25) is 9.59 Å². The Hall–Kier alpha value is -2.64. The van der Waals surface area contributed by atoms with Gasteiger partial charge in [-0.1, -0.05) is 44.5 Å². The lowest BCUT2D eigenvalue weighted by molar-refractivity contribution is -0.139. The Morgan fingerprint density at radius 3 is 2.12 bits per heavy atom. The van der Waals surface area contributed by atoms with Crippen LogP contribution in [0.15, 0.2) is 48.5 Å². The van der Waals surface area contributed by atoms with Crippen LogP contribution in [0.2, 0.25) is 5.02 Å². The van der Waals surface area contributed by atoms with E-state index >= 15 is 0 Å². The number of nitrogens with zero attached hydrogens (tertiary/aromatic N) is 2.